The molecule has 1 N–H and O–H groups in total. The molecule has 128 valence electrons. The number of hydrogen-bond donors (Lipinski definition) is 1. The third-order valence-electron chi connectivity index (χ3n) is 3.29. The fourth-order valence-corrected chi connectivity index (χ4v) is 3.26. The van der Waals surface area contributed by atoms with Gasteiger partial charge < -0.3 is 5.32 Å². The molecule has 0 aromatic heterocycles. The maximum absolute atomic E-state index is 13.4. The molecule has 24 heavy (non-hydrogen) atoms. The summed E-state index contributed by atoms with van der Waals surface area (Å²) in [6, 6.07) is 10.7. The molecule has 0 saturated heterocycles. The van der Waals surface area contributed by atoms with E-state index >= 15 is 0 Å². The van der Waals surface area contributed by atoms with Gasteiger partial charge in [-0.05, 0) is 55.3 Å². The highest BCUT2D eigenvalue weighted by atomic mass is 32.2. The van der Waals surface area contributed by atoms with E-state index in [1.165, 1.54) is 18.2 Å². The lowest BCUT2D eigenvalue weighted by molar-refractivity contribution is -0.114. The molecular weight excluding hydrogens is 331 g/mol. The van der Waals surface area contributed by atoms with Crippen molar-refractivity contribution in [2.45, 2.75) is 13.8 Å². The molecule has 0 saturated carbocycles. The standard InChI is InChI=1S/C17H19FN2O3S/c1-12-7-13(2)9-15(8-12)19-17(21)11-20(24(3,22)23)16-6-4-5-14(18)10-16/h4-10H,11H2,1-3H3,(H,19,21). The highest BCUT2D eigenvalue weighted by Gasteiger charge is 2.21. The minimum absolute atomic E-state index is 0.105. The number of aryl methyl sites for hydroxylation is 2. The average molecular weight is 350 g/mol. The number of benzene rings is 2. The first-order valence-electron chi connectivity index (χ1n) is 7.26. The van der Waals surface area contributed by atoms with E-state index in [0.717, 1.165) is 27.8 Å². The molecule has 0 aliphatic heterocycles. The summed E-state index contributed by atoms with van der Waals surface area (Å²) < 4.78 is 38.2. The number of hydrogen-bond acceptors (Lipinski definition) is 3. The first kappa shape index (κ1) is 17.9. The molecule has 0 aliphatic carbocycles. The van der Waals surface area contributed by atoms with Crippen molar-refractivity contribution in [3.63, 3.8) is 0 Å². The Hall–Kier alpha value is -2.41. The second-order valence-corrected chi connectivity index (χ2v) is 7.58. The summed E-state index contributed by atoms with van der Waals surface area (Å²) >= 11 is 0. The van der Waals surface area contributed by atoms with Crippen LogP contribution < -0.4 is 9.62 Å². The predicted molar refractivity (Wildman–Crippen MR) is 93.1 cm³/mol. The molecule has 2 rings (SSSR count). The van der Waals surface area contributed by atoms with Crippen LogP contribution in [0, 0.1) is 19.7 Å². The van der Waals surface area contributed by atoms with Gasteiger partial charge in [0.2, 0.25) is 15.9 Å². The molecule has 5 nitrogen and oxygen atoms in total. The van der Waals surface area contributed by atoms with Gasteiger partial charge in [-0.15, -0.1) is 0 Å². The van der Waals surface area contributed by atoms with Crippen LogP contribution in [0.25, 0.3) is 0 Å². The molecule has 2 aromatic carbocycles. The fourth-order valence-electron chi connectivity index (χ4n) is 2.41. The molecule has 0 atom stereocenters. The van der Waals surface area contributed by atoms with Crippen LogP contribution in [0.1, 0.15) is 11.1 Å². The van der Waals surface area contributed by atoms with Gasteiger partial charge in [-0.2, -0.15) is 0 Å². The van der Waals surface area contributed by atoms with E-state index < -0.39 is 28.3 Å². The summed E-state index contributed by atoms with van der Waals surface area (Å²) in [4.78, 5) is 12.2. The minimum Gasteiger partial charge on any atom is -0.324 e. The topological polar surface area (TPSA) is 66.5 Å². The van der Waals surface area contributed by atoms with Crippen molar-refractivity contribution in [2.24, 2.45) is 0 Å². The number of nitrogens with one attached hydrogen (secondary N) is 1. The largest absolute Gasteiger partial charge is 0.324 e. The van der Waals surface area contributed by atoms with Crippen LogP contribution in [-0.4, -0.2) is 27.1 Å². The Balaban J connectivity index is 2.22. The first-order chi connectivity index (χ1) is 11.1. The number of nitrogens with zero attached hydrogens (tertiary/aromatic N) is 1. The van der Waals surface area contributed by atoms with Crippen molar-refractivity contribution >= 4 is 27.3 Å². The van der Waals surface area contributed by atoms with Crippen LogP contribution in [0.5, 0.6) is 0 Å². The van der Waals surface area contributed by atoms with Gasteiger partial charge in [0.15, 0.2) is 0 Å². The lowest BCUT2D eigenvalue weighted by Crippen LogP contribution is -2.37. The van der Waals surface area contributed by atoms with Crippen molar-refractivity contribution in [1.29, 1.82) is 0 Å². The van der Waals surface area contributed by atoms with Crippen molar-refractivity contribution in [2.75, 3.05) is 22.4 Å². The Morgan fingerprint density at radius 1 is 1.12 bits per heavy atom. The molecule has 2 aromatic rings. The summed E-state index contributed by atoms with van der Waals surface area (Å²) in [7, 11) is -3.73. The Bertz CT molecular complexity index is 846. The third kappa shape index (κ3) is 4.79. The smallest absolute Gasteiger partial charge is 0.245 e. The van der Waals surface area contributed by atoms with Crippen molar-refractivity contribution in [3.8, 4) is 0 Å². The predicted octanol–water partition coefficient (Wildman–Crippen LogP) is 2.85. The number of amides is 1. The molecule has 0 fully saturated rings. The maximum atomic E-state index is 13.4. The van der Waals surface area contributed by atoms with Crippen molar-refractivity contribution in [1.82, 2.24) is 0 Å². The lowest BCUT2D eigenvalue weighted by atomic mass is 10.1. The SMILES string of the molecule is Cc1cc(C)cc(NC(=O)CN(c2cccc(F)c2)S(C)(=O)=O)c1. The van der Waals surface area contributed by atoms with Gasteiger partial charge in [0.05, 0.1) is 11.9 Å². The van der Waals surface area contributed by atoms with E-state index in [-0.39, 0.29) is 5.69 Å². The highest BCUT2D eigenvalue weighted by Crippen LogP contribution is 2.19. The molecule has 0 aliphatic rings. The average Bonchev–Trinajstić information content (AvgIpc) is 2.42. The Morgan fingerprint density at radius 2 is 1.75 bits per heavy atom. The number of rotatable bonds is 5. The molecule has 0 spiro atoms. The minimum atomic E-state index is -3.73. The first-order valence-corrected chi connectivity index (χ1v) is 9.11. The summed E-state index contributed by atoms with van der Waals surface area (Å²) in [5, 5.41) is 2.67. The maximum Gasteiger partial charge on any atom is 0.245 e. The number of anilines is 2. The molecule has 0 heterocycles. The number of sulfonamides is 1. The summed E-state index contributed by atoms with van der Waals surface area (Å²) in [6.07, 6.45) is 0.974. The second-order valence-electron chi connectivity index (χ2n) is 5.67. The third-order valence-corrected chi connectivity index (χ3v) is 4.43. The Morgan fingerprint density at radius 3 is 2.29 bits per heavy atom. The molecule has 0 bridgehead atoms. The highest BCUT2D eigenvalue weighted by molar-refractivity contribution is 7.92. The molecular formula is C17H19FN2O3S. The zero-order valence-electron chi connectivity index (χ0n) is 13.7. The fraction of sp³-hybridized carbons (Fsp3) is 0.235. The van der Waals surface area contributed by atoms with Crippen molar-refractivity contribution < 1.29 is 17.6 Å². The van der Waals surface area contributed by atoms with Gasteiger partial charge in [-0.1, -0.05) is 12.1 Å². The zero-order chi connectivity index (χ0) is 17.9. The monoisotopic (exact) mass is 350 g/mol. The zero-order valence-corrected chi connectivity index (χ0v) is 14.5. The lowest BCUT2D eigenvalue weighted by Gasteiger charge is -2.22. The van der Waals surface area contributed by atoms with Crippen LogP contribution >= 0.6 is 0 Å². The van der Waals surface area contributed by atoms with E-state index in [1.807, 2.05) is 19.9 Å². The summed E-state index contributed by atoms with van der Waals surface area (Å²) in [6.45, 7) is 3.37. The summed E-state index contributed by atoms with van der Waals surface area (Å²) in [5.74, 6) is -1.08. The Kier molecular flexibility index (Phi) is 5.23. The van der Waals surface area contributed by atoms with E-state index in [9.17, 15) is 17.6 Å². The molecule has 1 amide bonds. The quantitative estimate of drug-likeness (QED) is 0.902. The van der Waals surface area contributed by atoms with Gasteiger partial charge in [0.25, 0.3) is 0 Å². The molecule has 0 radical (unpaired) electrons. The number of carbonyl (C=O) groups is 1. The van der Waals surface area contributed by atoms with Crippen LogP contribution in [0.2, 0.25) is 0 Å². The van der Waals surface area contributed by atoms with Crippen LogP contribution in [0.4, 0.5) is 15.8 Å². The van der Waals surface area contributed by atoms with E-state index in [2.05, 4.69) is 5.32 Å². The van der Waals surface area contributed by atoms with Crippen LogP contribution in [0.3, 0.4) is 0 Å². The van der Waals surface area contributed by atoms with Gasteiger partial charge in [-0.25, -0.2) is 12.8 Å². The molecule has 7 heteroatoms. The summed E-state index contributed by atoms with van der Waals surface area (Å²) in [5.41, 5.74) is 2.66. The van der Waals surface area contributed by atoms with Crippen LogP contribution in [0.15, 0.2) is 42.5 Å². The van der Waals surface area contributed by atoms with E-state index in [1.54, 1.807) is 12.1 Å². The van der Waals surface area contributed by atoms with Gasteiger partial charge in [0, 0.05) is 5.69 Å². The van der Waals surface area contributed by atoms with E-state index in [4.69, 9.17) is 0 Å². The van der Waals surface area contributed by atoms with Gasteiger partial charge in [0.1, 0.15) is 12.4 Å². The van der Waals surface area contributed by atoms with Crippen molar-refractivity contribution in [3.05, 3.63) is 59.4 Å². The Labute approximate surface area is 141 Å². The van der Waals surface area contributed by atoms with Gasteiger partial charge >= 0.3 is 0 Å². The normalized spacial score (nSPS) is 11.2. The second kappa shape index (κ2) is 7.00. The van der Waals surface area contributed by atoms with Crippen LogP contribution in [-0.2, 0) is 14.8 Å². The number of halogens is 1. The van der Waals surface area contributed by atoms with E-state index in [0.29, 0.717) is 5.69 Å². The van der Waals surface area contributed by atoms with Gasteiger partial charge in [-0.3, -0.25) is 9.10 Å². The molecule has 0 unspecified atom stereocenters. The number of carbonyl (C=O) groups excluding carboxylic acids is 1.